The number of halogens is 2. The number of aromatic nitrogens is 5. The van der Waals surface area contributed by atoms with Gasteiger partial charge in [-0.05, 0) is 24.3 Å². The second-order valence-electron chi connectivity index (χ2n) is 6.14. The normalized spacial score (nSPS) is 10.8. The first-order valence-electron chi connectivity index (χ1n) is 8.69. The molecule has 0 saturated heterocycles. The summed E-state index contributed by atoms with van der Waals surface area (Å²) in [6.07, 6.45) is 0. The Balaban J connectivity index is 1.66. The Kier molecular flexibility index (Phi) is 5.29. The number of hydrogen-bond donors (Lipinski definition) is 0. The number of carbonyl (C=O) groups is 1. The van der Waals surface area contributed by atoms with Crippen LogP contribution in [0.1, 0.15) is 16.2 Å². The van der Waals surface area contributed by atoms with Crippen molar-refractivity contribution in [2.45, 2.75) is 0 Å². The van der Waals surface area contributed by atoms with Crippen LogP contribution in [-0.4, -0.2) is 36.6 Å². The summed E-state index contributed by atoms with van der Waals surface area (Å²) >= 11 is 0.759. The van der Waals surface area contributed by atoms with Gasteiger partial charge in [-0.15, -0.1) is 5.10 Å². The summed E-state index contributed by atoms with van der Waals surface area (Å²) < 4.78 is 44.1. The molecule has 0 saturated carbocycles. The Bertz CT molecular complexity index is 1350. The van der Waals surface area contributed by atoms with E-state index >= 15 is 0 Å². The molecule has 4 aromatic rings. The second-order valence-corrected chi connectivity index (χ2v) is 6.85. The van der Waals surface area contributed by atoms with Gasteiger partial charge in [-0.3, -0.25) is 4.79 Å². The topological polar surface area (TPSA) is 101 Å². The highest BCUT2D eigenvalue weighted by atomic mass is 32.1. The minimum atomic E-state index is -1.02. The third-order valence-corrected chi connectivity index (χ3v) is 4.76. The van der Waals surface area contributed by atoms with Gasteiger partial charge < -0.3 is 9.47 Å². The van der Waals surface area contributed by atoms with Crippen molar-refractivity contribution in [2.24, 2.45) is 7.05 Å². The SMILES string of the molecule is COc1nn(C)c(=O)n1-c1ccccc1Oc1nc(C(=O)c2ccc(F)cc2F)ns1. The van der Waals surface area contributed by atoms with Gasteiger partial charge in [0, 0.05) is 24.6 Å². The van der Waals surface area contributed by atoms with Crippen LogP contribution in [0.3, 0.4) is 0 Å². The van der Waals surface area contributed by atoms with Crippen LogP contribution in [0.25, 0.3) is 5.69 Å². The number of aryl methyl sites for hydroxylation is 1. The number of para-hydroxylation sites is 2. The van der Waals surface area contributed by atoms with E-state index in [0.717, 1.165) is 28.3 Å². The molecule has 2 aromatic carbocycles. The fraction of sp³-hybridized carbons (Fsp3) is 0.105. The van der Waals surface area contributed by atoms with Crippen molar-refractivity contribution >= 4 is 17.3 Å². The molecule has 0 atom stereocenters. The predicted molar refractivity (Wildman–Crippen MR) is 105 cm³/mol. The van der Waals surface area contributed by atoms with Gasteiger partial charge in [-0.2, -0.15) is 9.36 Å². The molecule has 9 nitrogen and oxygen atoms in total. The molecule has 0 aliphatic carbocycles. The van der Waals surface area contributed by atoms with Crippen LogP contribution >= 0.6 is 11.5 Å². The lowest BCUT2D eigenvalue weighted by Crippen LogP contribution is -2.22. The van der Waals surface area contributed by atoms with Crippen LogP contribution < -0.4 is 15.2 Å². The molecule has 0 N–H and O–H groups in total. The molecule has 0 aliphatic rings. The molecule has 4 rings (SSSR count). The molecule has 0 radical (unpaired) electrons. The van der Waals surface area contributed by atoms with E-state index in [1.54, 1.807) is 24.3 Å². The van der Waals surface area contributed by atoms with Gasteiger partial charge in [-0.25, -0.2) is 22.8 Å². The van der Waals surface area contributed by atoms with Crippen molar-refractivity contribution in [3.05, 3.63) is 76.0 Å². The first kappa shape index (κ1) is 20.3. The minimum absolute atomic E-state index is 0.0192. The van der Waals surface area contributed by atoms with E-state index in [0.29, 0.717) is 11.8 Å². The van der Waals surface area contributed by atoms with Crippen LogP contribution in [0, 0.1) is 11.6 Å². The van der Waals surface area contributed by atoms with Crippen LogP contribution in [-0.2, 0) is 7.05 Å². The van der Waals surface area contributed by atoms with Crippen molar-refractivity contribution in [1.29, 1.82) is 0 Å². The van der Waals surface area contributed by atoms with Crippen molar-refractivity contribution in [1.82, 2.24) is 23.7 Å². The maximum Gasteiger partial charge on any atom is 0.353 e. The first-order chi connectivity index (χ1) is 14.9. The summed E-state index contributed by atoms with van der Waals surface area (Å²) in [4.78, 5) is 28.9. The molecule has 0 fully saturated rings. The third-order valence-electron chi connectivity index (χ3n) is 4.17. The smallest absolute Gasteiger partial charge is 0.353 e. The van der Waals surface area contributed by atoms with E-state index in [-0.39, 0.29) is 28.3 Å². The fourth-order valence-corrected chi connectivity index (χ4v) is 3.28. The molecule has 2 heterocycles. The number of ether oxygens (including phenoxy) is 2. The van der Waals surface area contributed by atoms with E-state index in [4.69, 9.17) is 9.47 Å². The average molecular weight is 445 g/mol. The maximum atomic E-state index is 13.9. The van der Waals surface area contributed by atoms with E-state index in [1.165, 1.54) is 18.7 Å². The highest BCUT2D eigenvalue weighted by molar-refractivity contribution is 7.07. The number of methoxy groups -OCH3 is 1. The Morgan fingerprint density at radius 3 is 2.68 bits per heavy atom. The van der Waals surface area contributed by atoms with E-state index in [2.05, 4.69) is 14.5 Å². The lowest BCUT2D eigenvalue weighted by Gasteiger charge is -2.09. The van der Waals surface area contributed by atoms with Crippen LogP contribution in [0.4, 0.5) is 8.78 Å². The molecule has 0 aliphatic heterocycles. The highest BCUT2D eigenvalue weighted by Gasteiger charge is 2.22. The molecule has 158 valence electrons. The van der Waals surface area contributed by atoms with E-state index in [9.17, 15) is 18.4 Å². The number of hydrogen-bond acceptors (Lipinski definition) is 8. The van der Waals surface area contributed by atoms with Gasteiger partial charge in [0.2, 0.25) is 11.6 Å². The number of ketones is 1. The van der Waals surface area contributed by atoms with Gasteiger partial charge in [-0.1, -0.05) is 12.1 Å². The molecule has 0 amide bonds. The summed E-state index contributed by atoms with van der Waals surface area (Å²) in [7, 11) is 2.85. The van der Waals surface area contributed by atoms with Gasteiger partial charge in [0.25, 0.3) is 5.19 Å². The zero-order valence-corrected chi connectivity index (χ0v) is 16.9. The van der Waals surface area contributed by atoms with Gasteiger partial charge in [0.1, 0.15) is 11.6 Å². The zero-order valence-electron chi connectivity index (χ0n) is 16.1. The molecular weight excluding hydrogens is 432 g/mol. The molecule has 0 unspecified atom stereocenters. The Morgan fingerprint density at radius 1 is 1.16 bits per heavy atom. The minimum Gasteiger partial charge on any atom is -0.467 e. The molecule has 12 heteroatoms. The Hall–Kier alpha value is -3.93. The number of nitrogens with zero attached hydrogens (tertiary/aromatic N) is 5. The van der Waals surface area contributed by atoms with E-state index < -0.39 is 23.1 Å². The summed E-state index contributed by atoms with van der Waals surface area (Å²) in [5, 5.41) is 3.97. The Labute approximate surface area is 177 Å². The molecule has 0 spiro atoms. The monoisotopic (exact) mass is 445 g/mol. The summed E-state index contributed by atoms with van der Waals surface area (Å²) in [6.45, 7) is 0. The fourth-order valence-electron chi connectivity index (χ4n) is 2.74. The van der Waals surface area contributed by atoms with Crippen molar-refractivity contribution in [2.75, 3.05) is 7.11 Å². The maximum absolute atomic E-state index is 13.9. The average Bonchev–Trinajstić information content (AvgIpc) is 3.33. The summed E-state index contributed by atoms with van der Waals surface area (Å²) in [6, 6.07) is 9.19. The molecular formula is C19H13F2N5O4S. The van der Waals surface area contributed by atoms with Crippen molar-refractivity contribution in [3.8, 4) is 22.6 Å². The quantitative estimate of drug-likeness (QED) is 0.421. The van der Waals surface area contributed by atoms with E-state index in [1.807, 2.05) is 0 Å². The molecule has 31 heavy (non-hydrogen) atoms. The third kappa shape index (κ3) is 3.80. The number of rotatable bonds is 6. The Morgan fingerprint density at radius 2 is 1.94 bits per heavy atom. The standard InChI is InChI=1S/C19H13F2N5O4S/c1-25-19(28)26(17(23-25)29-2)13-5-3-4-6-14(13)30-18-22-16(24-31-18)15(27)11-8-7-10(20)9-12(11)21/h3-9H,1-2H3. The molecule has 2 aromatic heterocycles. The second kappa shape index (κ2) is 8.07. The predicted octanol–water partition coefficient (Wildman–Crippen LogP) is 2.73. The molecule has 0 bridgehead atoms. The van der Waals surface area contributed by atoms with Gasteiger partial charge in [0.15, 0.2) is 5.75 Å². The zero-order chi connectivity index (χ0) is 22.1. The van der Waals surface area contributed by atoms with Crippen LogP contribution in [0.2, 0.25) is 0 Å². The van der Waals surface area contributed by atoms with Crippen LogP contribution in [0.5, 0.6) is 17.0 Å². The lowest BCUT2D eigenvalue weighted by atomic mass is 10.1. The van der Waals surface area contributed by atoms with Gasteiger partial charge in [0.05, 0.1) is 18.4 Å². The first-order valence-corrected chi connectivity index (χ1v) is 9.47. The largest absolute Gasteiger partial charge is 0.467 e. The summed E-state index contributed by atoms with van der Waals surface area (Å²) in [5.41, 5.74) is -0.504. The van der Waals surface area contributed by atoms with Gasteiger partial charge >= 0.3 is 11.7 Å². The summed E-state index contributed by atoms with van der Waals surface area (Å²) in [5.74, 6) is -2.72. The highest BCUT2D eigenvalue weighted by Crippen LogP contribution is 2.30. The number of benzene rings is 2. The van der Waals surface area contributed by atoms with Crippen molar-refractivity contribution in [3.63, 3.8) is 0 Å². The van der Waals surface area contributed by atoms with Crippen LogP contribution in [0.15, 0.2) is 47.3 Å². The number of carbonyl (C=O) groups excluding carboxylic acids is 1. The van der Waals surface area contributed by atoms with Crippen molar-refractivity contribution < 1.29 is 23.0 Å². The lowest BCUT2D eigenvalue weighted by molar-refractivity contribution is 0.102.